The number of fused-ring (bicyclic) bond motifs is 10. The van der Waals surface area contributed by atoms with Crippen LogP contribution in [0.25, 0.3) is 44.3 Å². The number of benzene rings is 3. The SMILES string of the molecule is CCCCCCCCCCCCCCCCC1(CCCCCCCCCCCCCCCC)c2ccc3nsnc3c2-c2c(F)c3c(c(F)c21)-c1c(ccc2nsnc12)C3(CCCCCCCCCCCCCCCC)CCCCCCCCCCCCCCCC. The van der Waals surface area contributed by atoms with Crippen LogP contribution in [0.2, 0.25) is 0 Å². The van der Waals surface area contributed by atoms with E-state index in [0.29, 0.717) is 22.3 Å². The molecule has 0 saturated carbocycles. The Labute approximate surface area is 572 Å². The number of aromatic nitrogens is 4. The maximum Gasteiger partial charge on any atom is 0.136 e. The average molecular weight is 1300 g/mol. The van der Waals surface area contributed by atoms with Crippen molar-refractivity contribution < 1.29 is 8.78 Å². The zero-order valence-electron chi connectivity index (χ0n) is 60.1. The van der Waals surface area contributed by atoms with Crippen molar-refractivity contribution in [2.75, 3.05) is 0 Å². The summed E-state index contributed by atoms with van der Waals surface area (Å²) in [5.41, 5.74) is 8.02. The van der Waals surface area contributed by atoms with Gasteiger partial charge in [-0.05, 0) is 48.9 Å². The summed E-state index contributed by atoms with van der Waals surface area (Å²) in [5, 5.41) is 0. The molecule has 0 unspecified atom stereocenters. The first-order valence-corrected chi connectivity index (χ1v) is 42.0. The van der Waals surface area contributed by atoms with Gasteiger partial charge in [0.2, 0.25) is 0 Å². The molecule has 2 heterocycles. The van der Waals surface area contributed by atoms with E-state index in [0.717, 1.165) is 121 Å². The third-order valence-electron chi connectivity index (χ3n) is 22.6. The number of hydrogen-bond donors (Lipinski definition) is 0. The van der Waals surface area contributed by atoms with E-state index in [2.05, 4.69) is 52.0 Å². The molecule has 92 heavy (non-hydrogen) atoms. The van der Waals surface area contributed by atoms with Crippen molar-refractivity contribution in [3.05, 3.63) is 58.2 Å². The highest BCUT2D eigenvalue weighted by Gasteiger charge is 2.54. The van der Waals surface area contributed by atoms with E-state index >= 15 is 8.78 Å². The summed E-state index contributed by atoms with van der Waals surface area (Å²) in [6, 6.07) is 8.77. The first kappa shape index (κ1) is 76.5. The Kier molecular flexibility index (Phi) is 37.9. The molecule has 0 N–H and O–H groups in total. The summed E-state index contributed by atoms with van der Waals surface area (Å²) in [5.74, 6) is -0.351. The molecule has 0 bridgehead atoms. The van der Waals surface area contributed by atoms with E-state index in [1.54, 1.807) is 0 Å². The van der Waals surface area contributed by atoms with E-state index < -0.39 is 10.8 Å². The summed E-state index contributed by atoms with van der Waals surface area (Å²) >= 11 is 2.44. The van der Waals surface area contributed by atoms with Gasteiger partial charge in [0.1, 0.15) is 33.7 Å². The van der Waals surface area contributed by atoms with E-state index in [1.165, 1.54) is 332 Å². The second-order valence-electron chi connectivity index (χ2n) is 29.9. The molecule has 0 saturated heterocycles. The maximum atomic E-state index is 19.8. The Morgan fingerprint density at radius 3 is 0.652 bits per heavy atom. The van der Waals surface area contributed by atoms with Crippen LogP contribution in [0.4, 0.5) is 8.78 Å². The Morgan fingerprint density at radius 2 is 0.446 bits per heavy atom. The molecule has 518 valence electrons. The van der Waals surface area contributed by atoms with Crippen LogP contribution in [0, 0.1) is 11.6 Å². The van der Waals surface area contributed by atoms with Crippen LogP contribution >= 0.6 is 23.5 Å². The van der Waals surface area contributed by atoms with Gasteiger partial charge in [-0.1, -0.05) is 399 Å². The molecule has 8 heteroatoms. The van der Waals surface area contributed by atoms with Crippen LogP contribution < -0.4 is 0 Å². The molecule has 0 fully saturated rings. The van der Waals surface area contributed by atoms with Crippen LogP contribution in [-0.4, -0.2) is 17.5 Å². The Balaban J connectivity index is 1.15. The van der Waals surface area contributed by atoms with Gasteiger partial charge in [0.25, 0.3) is 0 Å². The molecule has 0 spiro atoms. The smallest absolute Gasteiger partial charge is 0.136 e. The monoisotopic (exact) mass is 1300 g/mol. The normalized spacial score (nSPS) is 13.7. The fraction of sp³-hybridized carbons (Fsp3) is 0.786. The van der Waals surface area contributed by atoms with Crippen molar-refractivity contribution >= 4 is 45.5 Å². The lowest BCUT2D eigenvalue weighted by molar-refractivity contribution is 0.374. The van der Waals surface area contributed by atoms with Gasteiger partial charge in [-0.2, -0.15) is 17.5 Å². The van der Waals surface area contributed by atoms with Crippen LogP contribution in [0.5, 0.6) is 0 Å². The van der Waals surface area contributed by atoms with Crippen LogP contribution in [0.15, 0.2) is 24.3 Å². The lowest BCUT2D eigenvalue weighted by Crippen LogP contribution is -2.29. The second-order valence-corrected chi connectivity index (χ2v) is 31.0. The van der Waals surface area contributed by atoms with E-state index in [9.17, 15) is 0 Å². The first-order chi connectivity index (χ1) is 45.5. The quantitative estimate of drug-likeness (QED) is 0.0364. The molecule has 2 aliphatic carbocycles. The molecule has 5 aromatic rings. The first-order valence-electron chi connectivity index (χ1n) is 40.6. The fourth-order valence-electron chi connectivity index (χ4n) is 17.1. The molecule has 7 rings (SSSR count). The van der Waals surface area contributed by atoms with Gasteiger partial charge >= 0.3 is 0 Å². The van der Waals surface area contributed by atoms with Gasteiger partial charge in [0, 0.05) is 44.2 Å². The molecule has 0 radical (unpaired) electrons. The van der Waals surface area contributed by atoms with Gasteiger partial charge in [-0.25, -0.2) is 8.78 Å². The summed E-state index contributed by atoms with van der Waals surface area (Å²) in [7, 11) is 0. The molecule has 0 atom stereocenters. The Morgan fingerprint density at radius 1 is 0.250 bits per heavy atom. The number of unbranched alkanes of at least 4 members (excludes halogenated alkanes) is 52. The molecule has 2 aliphatic rings. The highest BCUT2D eigenvalue weighted by atomic mass is 32.1. The summed E-state index contributed by atoms with van der Waals surface area (Å²) in [4.78, 5) is 0. The number of halogens is 2. The largest absolute Gasteiger partial charge is 0.206 e. The molecular weight excluding hydrogens is 1170 g/mol. The zero-order valence-corrected chi connectivity index (χ0v) is 61.7. The Hall–Kier alpha value is -2.84. The third-order valence-corrected chi connectivity index (χ3v) is 23.6. The third kappa shape index (κ3) is 23.2. The van der Waals surface area contributed by atoms with Crippen LogP contribution in [-0.2, 0) is 10.8 Å². The van der Waals surface area contributed by atoms with E-state index in [-0.39, 0.29) is 11.6 Å². The van der Waals surface area contributed by atoms with Gasteiger partial charge in [0.15, 0.2) is 0 Å². The van der Waals surface area contributed by atoms with Gasteiger partial charge in [0.05, 0.1) is 23.5 Å². The average Bonchev–Trinajstić information content (AvgIpc) is 1.50. The predicted molar refractivity (Wildman–Crippen MR) is 400 cm³/mol. The Bertz CT molecular complexity index is 2480. The summed E-state index contributed by atoms with van der Waals surface area (Å²) in [6.45, 7) is 9.21. The molecule has 3 aromatic carbocycles. The number of nitrogens with zero attached hydrogens (tertiary/aromatic N) is 4. The maximum absolute atomic E-state index is 19.8. The van der Waals surface area contributed by atoms with E-state index in [1.807, 2.05) is 0 Å². The van der Waals surface area contributed by atoms with Gasteiger partial charge < -0.3 is 0 Å². The standard InChI is InChI=1S/C84H136F2N4S2/c1-5-9-13-17-21-25-29-33-37-41-45-49-53-57-65-83(66-58-54-50-46-42-38-34-30-26-22-18-14-10-6-2)69-61-63-71-81(89-91-87-71)73(69)75-77(83)79(85)76-74-70(62-64-72-82(74)90-92-88-72)84(78(76)80(75)86,67-59-55-51-47-43-39-35-31-27-23-19-15-11-7-3)68-60-56-52-48-44-40-36-32-28-24-20-16-12-8-4/h61-64H,5-60,65-68H2,1-4H3. The summed E-state index contributed by atoms with van der Waals surface area (Å²) < 4.78 is 59.4. The van der Waals surface area contributed by atoms with Crippen LogP contribution in [0.3, 0.4) is 0 Å². The fourth-order valence-corrected chi connectivity index (χ4v) is 18.2. The van der Waals surface area contributed by atoms with Crippen molar-refractivity contribution in [1.82, 2.24) is 17.5 Å². The zero-order chi connectivity index (χ0) is 64.6. The van der Waals surface area contributed by atoms with Crippen molar-refractivity contribution in [3.8, 4) is 22.3 Å². The highest BCUT2D eigenvalue weighted by Crippen LogP contribution is 2.65. The number of hydrogen-bond acceptors (Lipinski definition) is 6. The molecule has 0 amide bonds. The van der Waals surface area contributed by atoms with Gasteiger partial charge in [-0.3, -0.25) is 0 Å². The lowest BCUT2D eigenvalue weighted by atomic mass is 9.68. The van der Waals surface area contributed by atoms with Crippen molar-refractivity contribution in [2.24, 2.45) is 0 Å². The minimum absolute atomic E-state index is 0.176. The van der Waals surface area contributed by atoms with Crippen molar-refractivity contribution in [3.63, 3.8) is 0 Å². The van der Waals surface area contributed by atoms with Crippen LogP contribution in [0.1, 0.15) is 435 Å². The number of rotatable bonds is 60. The molecule has 4 nitrogen and oxygen atoms in total. The second kappa shape index (κ2) is 45.6. The molecule has 0 aliphatic heterocycles. The topological polar surface area (TPSA) is 51.6 Å². The molecule has 2 aromatic heterocycles. The lowest BCUT2D eigenvalue weighted by Gasteiger charge is -2.35. The highest BCUT2D eigenvalue weighted by molar-refractivity contribution is 7.00. The van der Waals surface area contributed by atoms with Gasteiger partial charge in [-0.15, -0.1) is 0 Å². The van der Waals surface area contributed by atoms with Crippen molar-refractivity contribution in [1.29, 1.82) is 0 Å². The minimum Gasteiger partial charge on any atom is -0.206 e. The summed E-state index contributed by atoms with van der Waals surface area (Å²) in [6.07, 6.45) is 76.0. The van der Waals surface area contributed by atoms with E-state index in [4.69, 9.17) is 17.5 Å². The minimum atomic E-state index is -0.667. The molecular formula is C84H136F2N4S2. The predicted octanol–water partition coefficient (Wildman–Crippen LogP) is 30.0. The van der Waals surface area contributed by atoms with Crippen molar-refractivity contribution in [2.45, 2.75) is 424 Å².